The van der Waals surface area contributed by atoms with Crippen molar-refractivity contribution in [2.24, 2.45) is 0 Å². The summed E-state index contributed by atoms with van der Waals surface area (Å²) in [4.78, 5) is 0. The summed E-state index contributed by atoms with van der Waals surface area (Å²) in [6.07, 6.45) is 1.09. The van der Waals surface area contributed by atoms with Crippen LogP contribution >= 0.6 is 35.1 Å². The van der Waals surface area contributed by atoms with Crippen molar-refractivity contribution in [2.45, 2.75) is 36.8 Å². The van der Waals surface area contributed by atoms with Crippen molar-refractivity contribution in [3.63, 3.8) is 0 Å². The van der Waals surface area contributed by atoms with Crippen LogP contribution in [0.5, 0.6) is 0 Å². The number of rotatable bonds is 5. The molecule has 0 aromatic heterocycles. The lowest BCUT2D eigenvalue weighted by Crippen LogP contribution is -2.45. The van der Waals surface area contributed by atoms with E-state index in [0.29, 0.717) is 11.3 Å². The molecule has 3 atom stereocenters. The van der Waals surface area contributed by atoms with E-state index in [-0.39, 0.29) is 0 Å². The zero-order valence-electron chi connectivity index (χ0n) is 11.6. The van der Waals surface area contributed by atoms with Gasteiger partial charge in [0.05, 0.1) is 0 Å². The number of likely N-dealkylation sites (N-methyl/N-ethyl adjacent to an activating group) is 1. The first-order valence-corrected chi connectivity index (χ1v) is 9.39. The molecule has 1 aromatic rings. The summed E-state index contributed by atoms with van der Waals surface area (Å²) in [5.74, 6) is 2.57. The van der Waals surface area contributed by atoms with Gasteiger partial charge in [0.2, 0.25) is 0 Å². The molecule has 0 bridgehead atoms. The van der Waals surface area contributed by atoms with Crippen LogP contribution in [0.4, 0.5) is 0 Å². The van der Waals surface area contributed by atoms with E-state index in [1.807, 2.05) is 12.1 Å². The first kappa shape index (κ1) is 15.6. The first-order chi connectivity index (χ1) is 9.20. The average Bonchev–Trinajstić information content (AvgIpc) is 2.41. The normalized spacial score (nSPS) is 25.2. The molecule has 19 heavy (non-hydrogen) atoms. The van der Waals surface area contributed by atoms with E-state index in [1.54, 1.807) is 0 Å². The van der Waals surface area contributed by atoms with Gasteiger partial charge in [0, 0.05) is 33.1 Å². The van der Waals surface area contributed by atoms with E-state index in [1.165, 1.54) is 17.1 Å². The minimum Gasteiger partial charge on any atom is -0.313 e. The molecule has 1 aliphatic rings. The summed E-state index contributed by atoms with van der Waals surface area (Å²) in [5, 5.41) is 5.93. The summed E-state index contributed by atoms with van der Waals surface area (Å²) in [5.41, 5.74) is 1.37. The molecule has 1 N–H and O–H groups in total. The zero-order valence-corrected chi connectivity index (χ0v) is 14.0. The fourth-order valence-corrected chi connectivity index (χ4v) is 5.62. The van der Waals surface area contributed by atoms with E-state index in [2.05, 4.69) is 54.8 Å². The molecule has 4 heteroatoms. The van der Waals surface area contributed by atoms with Crippen LogP contribution in [0.1, 0.15) is 19.4 Å². The van der Waals surface area contributed by atoms with Crippen LogP contribution in [0.2, 0.25) is 5.02 Å². The average molecular weight is 316 g/mol. The van der Waals surface area contributed by atoms with E-state index < -0.39 is 0 Å². The Balaban J connectivity index is 2.04. The molecular formula is C15H22ClNS2. The van der Waals surface area contributed by atoms with Crippen molar-refractivity contribution in [2.75, 3.05) is 18.1 Å². The molecule has 3 unspecified atom stereocenters. The number of hydrogen-bond donors (Lipinski definition) is 1. The third kappa shape index (κ3) is 4.59. The first-order valence-electron chi connectivity index (χ1n) is 6.91. The van der Waals surface area contributed by atoms with Crippen molar-refractivity contribution < 1.29 is 0 Å². The fourth-order valence-electron chi connectivity index (χ4n) is 2.53. The minimum atomic E-state index is 0.555. The molecule has 1 heterocycles. The van der Waals surface area contributed by atoms with Gasteiger partial charge in [-0.1, -0.05) is 37.6 Å². The van der Waals surface area contributed by atoms with Crippen molar-refractivity contribution in [1.29, 1.82) is 0 Å². The molecule has 106 valence electrons. The maximum absolute atomic E-state index is 5.96. The molecule has 0 radical (unpaired) electrons. The highest BCUT2D eigenvalue weighted by Gasteiger charge is 2.29. The largest absolute Gasteiger partial charge is 0.313 e. The lowest BCUT2D eigenvalue weighted by Gasteiger charge is -2.35. The Morgan fingerprint density at radius 1 is 1.26 bits per heavy atom. The van der Waals surface area contributed by atoms with Gasteiger partial charge < -0.3 is 5.32 Å². The Labute approximate surface area is 130 Å². The predicted octanol–water partition coefficient (Wildman–Crippen LogP) is 4.10. The summed E-state index contributed by atoms with van der Waals surface area (Å²) in [6.45, 7) is 5.60. The van der Waals surface area contributed by atoms with Gasteiger partial charge in [0.1, 0.15) is 0 Å². The van der Waals surface area contributed by atoms with E-state index in [9.17, 15) is 0 Å². The number of hydrogen-bond acceptors (Lipinski definition) is 3. The van der Waals surface area contributed by atoms with Gasteiger partial charge in [-0.25, -0.2) is 0 Å². The standard InChI is InChI=1S/C15H22ClNS2/c1-3-17-14(15-11(2)18-8-9-19-15)10-12-4-6-13(16)7-5-12/h4-7,11,14-15,17H,3,8-10H2,1-2H3. The Bertz CT molecular complexity index is 382. The summed E-state index contributed by atoms with van der Waals surface area (Å²) >= 11 is 10.2. The van der Waals surface area contributed by atoms with Gasteiger partial charge in [-0.15, -0.1) is 0 Å². The number of nitrogens with one attached hydrogen (secondary N) is 1. The van der Waals surface area contributed by atoms with Gasteiger partial charge in [-0.3, -0.25) is 0 Å². The molecule has 1 aliphatic heterocycles. The van der Waals surface area contributed by atoms with Crippen LogP contribution < -0.4 is 5.32 Å². The van der Waals surface area contributed by atoms with Crippen LogP contribution in [0.25, 0.3) is 0 Å². The summed E-state index contributed by atoms with van der Waals surface area (Å²) < 4.78 is 0. The number of halogens is 1. The van der Waals surface area contributed by atoms with Gasteiger partial charge in [-0.2, -0.15) is 23.5 Å². The smallest absolute Gasteiger partial charge is 0.0406 e. The Hall–Kier alpha value is 0.170. The molecule has 1 aromatic carbocycles. The van der Waals surface area contributed by atoms with Gasteiger partial charge in [0.25, 0.3) is 0 Å². The third-order valence-corrected chi connectivity index (χ3v) is 6.97. The summed E-state index contributed by atoms with van der Waals surface area (Å²) in [6, 6.07) is 8.84. The number of benzene rings is 1. The van der Waals surface area contributed by atoms with Gasteiger partial charge in [0.15, 0.2) is 0 Å². The second-order valence-corrected chi connectivity index (χ2v) is 8.11. The number of thioether (sulfide) groups is 2. The Morgan fingerprint density at radius 2 is 1.95 bits per heavy atom. The Morgan fingerprint density at radius 3 is 2.58 bits per heavy atom. The van der Waals surface area contributed by atoms with Crippen LogP contribution in [-0.2, 0) is 6.42 Å². The molecule has 0 spiro atoms. The van der Waals surface area contributed by atoms with Crippen LogP contribution in [0, 0.1) is 0 Å². The molecule has 1 saturated heterocycles. The molecule has 0 saturated carbocycles. The molecule has 2 rings (SSSR count). The van der Waals surface area contributed by atoms with Crippen molar-refractivity contribution in [3.8, 4) is 0 Å². The maximum atomic E-state index is 5.96. The van der Waals surface area contributed by atoms with Crippen molar-refractivity contribution >= 4 is 35.1 Å². The predicted molar refractivity (Wildman–Crippen MR) is 90.8 cm³/mol. The van der Waals surface area contributed by atoms with Crippen molar-refractivity contribution in [1.82, 2.24) is 5.32 Å². The lowest BCUT2D eigenvalue weighted by atomic mass is 10.0. The fraction of sp³-hybridized carbons (Fsp3) is 0.600. The SMILES string of the molecule is CCNC(Cc1ccc(Cl)cc1)C1SCCSC1C. The monoisotopic (exact) mass is 315 g/mol. The second kappa shape index (κ2) is 7.82. The third-order valence-electron chi connectivity index (χ3n) is 3.47. The molecule has 0 aliphatic carbocycles. The quantitative estimate of drug-likeness (QED) is 0.878. The van der Waals surface area contributed by atoms with E-state index in [4.69, 9.17) is 11.6 Å². The molecule has 1 fully saturated rings. The second-order valence-electron chi connectivity index (χ2n) is 4.91. The highest BCUT2D eigenvalue weighted by atomic mass is 35.5. The van der Waals surface area contributed by atoms with Crippen LogP contribution in [-0.4, -0.2) is 34.6 Å². The zero-order chi connectivity index (χ0) is 13.7. The van der Waals surface area contributed by atoms with Gasteiger partial charge >= 0.3 is 0 Å². The molecular weight excluding hydrogens is 294 g/mol. The van der Waals surface area contributed by atoms with E-state index >= 15 is 0 Å². The van der Waals surface area contributed by atoms with Crippen molar-refractivity contribution in [3.05, 3.63) is 34.9 Å². The van der Waals surface area contributed by atoms with Crippen LogP contribution in [0.15, 0.2) is 24.3 Å². The Kier molecular flexibility index (Phi) is 6.40. The summed E-state index contributed by atoms with van der Waals surface area (Å²) in [7, 11) is 0. The highest BCUT2D eigenvalue weighted by Crippen LogP contribution is 2.34. The molecule has 1 nitrogen and oxygen atoms in total. The minimum absolute atomic E-state index is 0.555. The maximum Gasteiger partial charge on any atom is 0.0406 e. The highest BCUT2D eigenvalue weighted by molar-refractivity contribution is 8.07. The lowest BCUT2D eigenvalue weighted by molar-refractivity contribution is 0.501. The van der Waals surface area contributed by atoms with Gasteiger partial charge in [-0.05, 0) is 30.7 Å². The van der Waals surface area contributed by atoms with E-state index in [0.717, 1.165) is 23.2 Å². The van der Waals surface area contributed by atoms with Crippen LogP contribution in [0.3, 0.4) is 0 Å². The molecule has 0 amide bonds. The topological polar surface area (TPSA) is 12.0 Å².